The molecule has 1 rings (SSSR count). The molecule has 0 atom stereocenters. The summed E-state index contributed by atoms with van der Waals surface area (Å²) >= 11 is 0. The smallest absolute Gasteiger partial charge is 0.328 e. The number of halogens is 2. The van der Waals surface area contributed by atoms with Crippen LogP contribution in [-0.4, -0.2) is 11.1 Å². The summed E-state index contributed by atoms with van der Waals surface area (Å²) in [6.45, 7) is 0. The summed E-state index contributed by atoms with van der Waals surface area (Å²) in [6.07, 6.45) is 2.50. The number of carboxylic acid groups (broad SMARTS) is 1. The van der Waals surface area contributed by atoms with E-state index in [0.29, 0.717) is 16.9 Å². The van der Waals surface area contributed by atoms with Crippen LogP contribution in [0.4, 0.5) is 11.4 Å². The Morgan fingerprint density at radius 3 is 2.27 bits per heavy atom. The summed E-state index contributed by atoms with van der Waals surface area (Å²) in [4.78, 5) is 10.2. The van der Waals surface area contributed by atoms with Crippen LogP contribution >= 0.6 is 24.8 Å². The summed E-state index contributed by atoms with van der Waals surface area (Å²) in [5.74, 6) is -0.990. The number of rotatable bonds is 2. The van der Waals surface area contributed by atoms with E-state index < -0.39 is 5.97 Å². The second-order valence-electron chi connectivity index (χ2n) is 2.56. The van der Waals surface area contributed by atoms with Gasteiger partial charge >= 0.3 is 5.97 Å². The number of benzene rings is 1. The number of anilines is 2. The Bertz CT molecular complexity index is 367. The number of carbonyl (C=O) groups is 1. The number of hydrogen-bond acceptors (Lipinski definition) is 3. The molecule has 0 amide bonds. The van der Waals surface area contributed by atoms with Crippen LogP contribution in [0.25, 0.3) is 6.08 Å². The van der Waals surface area contributed by atoms with E-state index in [1.54, 1.807) is 18.2 Å². The molecule has 0 aliphatic heterocycles. The summed E-state index contributed by atoms with van der Waals surface area (Å²) in [5.41, 5.74) is 12.7. The van der Waals surface area contributed by atoms with Crippen LogP contribution in [0.2, 0.25) is 0 Å². The van der Waals surface area contributed by atoms with Crippen molar-refractivity contribution < 1.29 is 9.90 Å². The average molecular weight is 251 g/mol. The lowest BCUT2D eigenvalue weighted by Crippen LogP contribution is -1.94. The quantitative estimate of drug-likeness (QED) is 0.552. The zero-order valence-corrected chi connectivity index (χ0v) is 9.35. The Balaban J connectivity index is 0. The van der Waals surface area contributed by atoms with E-state index in [1.807, 2.05) is 0 Å². The minimum absolute atomic E-state index is 0. The molecule has 1 aromatic carbocycles. The van der Waals surface area contributed by atoms with Crippen LogP contribution in [0.15, 0.2) is 24.3 Å². The molecule has 84 valence electrons. The van der Waals surface area contributed by atoms with Gasteiger partial charge in [-0.2, -0.15) is 0 Å². The van der Waals surface area contributed by atoms with Crippen molar-refractivity contribution in [1.29, 1.82) is 0 Å². The fourth-order valence-electron chi connectivity index (χ4n) is 0.864. The molecule has 15 heavy (non-hydrogen) atoms. The Hall–Kier alpha value is -1.39. The summed E-state index contributed by atoms with van der Waals surface area (Å²) < 4.78 is 0. The van der Waals surface area contributed by atoms with Crippen molar-refractivity contribution in [3.8, 4) is 0 Å². The van der Waals surface area contributed by atoms with Gasteiger partial charge in [0, 0.05) is 6.08 Å². The lowest BCUT2D eigenvalue weighted by atomic mass is 10.1. The van der Waals surface area contributed by atoms with Crippen LogP contribution in [0.3, 0.4) is 0 Å². The second kappa shape index (κ2) is 6.98. The lowest BCUT2D eigenvalue weighted by Gasteiger charge is -1.99. The highest BCUT2D eigenvalue weighted by atomic mass is 35.5. The van der Waals surface area contributed by atoms with Gasteiger partial charge in [-0.15, -0.1) is 24.8 Å². The zero-order valence-electron chi connectivity index (χ0n) is 7.71. The lowest BCUT2D eigenvalue weighted by molar-refractivity contribution is -0.131. The minimum Gasteiger partial charge on any atom is -0.478 e. The molecule has 0 saturated heterocycles. The number of aliphatic carboxylic acids is 1. The first-order valence-corrected chi connectivity index (χ1v) is 3.65. The number of carboxylic acids is 1. The van der Waals surface area contributed by atoms with Gasteiger partial charge in [0.25, 0.3) is 0 Å². The normalized spacial score (nSPS) is 9.07. The van der Waals surface area contributed by atoms with Crippen LogP contribution < -0.4 is 11.5 Å². The molecule has 5 N–H and O–H groups in total. The van der Waals surface area contributed by atoms with Gasteiger partial charge in [0.05, 0.1) is 11.4 Å². The maximum atomic E-state index is 10.2. The SMILES string of the molecule is Cl.Cl.Nc1ccc(/C=C/C(=O)O)cc1N. The summed E-state index contributed by atoms with van der Waals surface area (Å²) in [7, 11) is 0. The zero-order chi connectivity index (χ0) is 9.84. The predicted octanol–water partition coefficient (Wildman–Crippen LogP) is 1.79. The first kappa shape index (κ1) is 16.1. The van der Waals surface area contributed by atoms with Gasteiger partial charge in [-0.1, -0.05) is 6.07 Å². The maximum absolute atomic E-state index is 10.2. The van der Waals surface area contributed by atoms with Crippen molar-refractivity contribution in [1.82, 2.24) is 0 Å². The molecule has 0 heterocycles. The van der Waals surface area contributed by atoms with E-state index in [0.717, 1.165) is 6.08 Å². The largest absolute Gasteiger partial charge is 0.478 e. The standard InChI is InChI=1S/C9H10N2O2.2ClH/c10-7-3-1-6(5-8(7)11)2-4-9(12)13;;/h1-5H,10-11H2,(H,12,13);2*1H/b4-2+;;. The molecule has 1 aromatic rings. The Labute approximate surface area is 99.8 Å². The van der Waals surface area contributed by atoms with Gasteiger partial charge in [0.1, 0.15) is 0 Å². The third-order valence-corrected chi connectivity index (χ3v) is 1.53. The van der Waals surface area contributed by atoms with Crippen molar-refractivity contribution in [2.75, 3.05) is 11.5 Å². The number of hydrogen-bond donors (Lipinski definition) is 3. The average Bonchev–Trinajstić information content (AvgIpc) is 2.07. The number of nitrogens with two attached hydrogens (primary N) is 2. The molecule has 6 heteroatoms. The molecule has 0 radical (unpaired) electrons. The van der Waals surface area contributed by atoms with Crippen molar-refractivity contribution in [3.63, 3.8) is 0 Å². The molecule has 0 unspecified atom stereocenters. The predicted molar refractivity (Wildman–Crippen MR) is 66.4 cm³/mol. The molecular formula is C9H12Cl2N2O2. The van der Waals surface area contributed by atoms with Crippen LogP contribution in [0, 0.1) is 0 Å². The van der Waals surface area contributed by atoms with E-state index in [4.69, 9.17) is 16.6 Å². The van der Waals surface area contributed by atoms with Gasteiger partial charge in [0.15, 0.2) is 0 Å². The summed E-state index contributed by atoms with van der Waals surface area (Å²) in [6, 6.07) is 4.96. The van der Waals surface area contributed by atoms with Crippen LogP contribution in [0.1, 0.15) is 5.56 Å². The van der Waals surface area contributed by atoms with E-state index in [2.05, 4.69) is 0 Å². The van der Waals surface area contributed by atoms with Crippen LogP contribution in [0.5, 0.6) is 0 Å². The first-order chi connectivity index (χ1) is 6.09. The molecule has 0 aliphatic rings. The van der Waals surface area contributed by atoms with Crippen LogP contribution in [-0.2, 0) is 4.79 Å². The Morgan fingerprint density at radius 1 is 1.20 bits per heavy atom. The molecule has 4 nitrogen and oxygen atoms in total. The molecule has 0 aromatic heterocycles. The van der Waals surface area contributed by atoms with Gasteiger partial charge in [0.2, 0.25) is 0 Å². The summed E-state index contributed by atoms with van der Waals surface area (Å²) in [5, 5.41) is 8.36. The second-order valence-corrected chi connectivity index (χ2v) is 2.56. The van der Waals surface area contributed by atoms with E-state index >= 15 is 0 Å². The van der Waals surface area contributed by atoms with Crippen molar-refractivity contribution in [3.05, 3.63) is 29.8 Å². The number of nitrogen functional groups attached to an aromatic ring is 2. The van der Waals surface area contributed by atoms with E-state index in [9.17, 15) is 4.79 Å². The topological polar surface area (TPSA) is 89.3 Å². The monoisotopic (exact) mass is 250 g/mol. The fraction of sp³-hybridized carbons (Fsp3) is 0. The minimum atomic E-state index is -0.990. The van der Waals surface area contributed by atoms with E-state index in [1.165, 1.54) is 6.08 Å². The first-order valence-electron chi connectivity index (χ1n) is 3.65. The van der Waals surface area contributed by atoms with Gasteiger partial charge < -0.3 is 16.6 Å². The Kier molecular flexibility index (Phi) is 7.47. The molecule has 0 saturated carbocycles. The Morgan fingerprint density at radius 2 is 1.80 bits per heavy atom. The third-order valence-electron chi connectivity index (χ3n) is 1.53. The fourth-order valence-corrected chi connectivity index (χ4v) is 0.864. The third kappa shape index (κ3) is 5.15. The highest BCUT2D eigenvalue weighted by Crippen LogP contribution is 2.16. The van der Waals surface area contributed by atoms with Crippen molar-refractivity contribution in [2.24, 2.45) is 0 Å². The molecule has 0 bridgehead atoms. The van der Waals surface area contributed by atoms with Gasteiger partial charge in [-0.3, -0.25) is 0 Å². The molecule has 0 aliphatic carbocycles. The maximum Gasteiger partial charge on any atom is 0.328 e. The highest BCUT2D eigenvalue weighted by Gasteiger charge is 1.94. The van der Waals surface area contributed by atoms with Gasteiger partial charge in [-0.25, -0.2) is 4.79 Å². The molecular weight excluding hydrogens is 239 g/mol. The van der Waals surface area contributed by atoms with Crippen molar-refractivity contribution >= 4 is 48.2 Å². The highest BCUT2D eigenvalue weighted by molar-refractivity contribution is 5.86. The molecule has 0 spiro atoms. The molecule has 0 fully saturated rings. The van der Waals surface area contributed by atoms with Gasteiger partial charge in [-0.05, 0) is 23.8 Å². The van der Waals surface area contributed by atoms with Crippen molar-refractivity contribution in [2.45, 2.75) is 0 Å². The van der Waals surface area contributed by atoms with E-state index in [-0.39, 0.29) is 24.8 Å².